The number of benzene rings is 1. The number of sulfone groups is 1. The predicted molar refractivity (Wildman–Crippen MR) is 106 cm³/mol. The van der Waals surface area contributed by atoms with Crippen LogP contribution in [0.4, 0.5) is 5.69 Å². The summed E-state index contributed by atoms with van der Waals surface area (Å²) in [5, 5.41) is 6.07. The molecule has 1 amide bonds. The van der Waals surface area contributed by atoms with Gasteiger partial charge in [0, 0.05) is 25.9 Å². The molecule has 1 unspecified atom stereocenters. The maximum absolute atomic E-state index is 12.8. The first-order valence-electron chi connectivity index (χ1n) is 9.44. The van der Waals surface area contributed by atoms with Gasteiger partial charge in [0.2, 0.25) is 5.91 Å². The summed E-state index contributed by atoms with van der Waals surface area (Å²) in [5.74, 6) is 0.785. The third-order valence-corrected chi connectivity index (χ3v) is 7.81. The Labute approximate surface area is 161 Å². The van der Waals surface area contributed by atoms with Gasteiger partial charge in [-0.15, -0.1) is 0 Å². The van der Waals surface area contributed by atoms with Crippen LogP contribution in [-0.4, -0.2) is 65.2 Å². The topological polar surface area (TPSA) is 87.7 Å². The number of methoxy groups -OCH3 is 1. The molecule has 1 aromatic rings. The fraction of sp³-hybridized carbons (Fsp3) is 0.632. The van der Waals surface area contributed by atoms with Gasteiger partial charge in [0.1, 0.15) is 5.75 Å². The molecule has 2 N–H and O–H groups in total. The lowest BCUT2D eigenvalue weighted by Crippen LogP contribution is -2.57. The van der Waals surface area contributed by atoms with Gasteiger partial charge in [-0.25, -0.2) is 8.42 Å². The molecular formula is C19H29N3O4S. The molecule has 27 heavy (non-hydrogen) atoms. The quantitative estimate of drug-likeness (QED) is 0.741. The van der Waals surface area contributed by atoms with Crippen LogP contribution in [-0.2, 0) is 14.6 Å². The highest BCUT2D eigenvalue weighted by Crippen LogP contribution is 2.32. The van der Waals surface area contributed by atoms with E-state index in [-0.39, 0.29) is 11.8 Å². The summed E-state index contributed by atoms with van der Waals surface area (Å²) in [7, 11) is -1.81. The zero-order valence-electron chi connectivity index (χ0n) is 16.0. The second-order valence-electron chi connectivity index (χ2n) is 7.50. The standard InChI is InChI=1S/C19H29N3O4S/c1-26-17-6-4-3-5-16(17)22-12-7-15(14-22)13-21-18(23)19(27(2,24)25)8-10-20-11-9-19/h3-6,15,20H,7-14H2,1-2H3,(H,21,23). The Kier molecular flexibility index (Phi) is 5.95. The Morgan fingerprint density at radius 3 is 2.70 bits per heavy atom. The third-order valence-electron chi connectivity index (χ3n) is 5.80. The zero-order valence-corrected chi connectivity index (χ0v) is 16.8. The summed E-state index contributed by atoms with van der Waals surface area (Å²) in [4.78, 5) is 15.1. The van der Waals surface area contributed by atoms with E-state index in [0.29, 0.717) is 32.5 Å². The van der Waals surface area contributed by atoms with Crippen LogP contribution in [0.3, 0.4) is 0 Å². The van der Waals surface area contributed by atoms with Crippen molar-refractivity contribution in [3.63, 3.8) is 0 Å². The lowest BCUT2D eigenvalue weighted by molar-refractivity contribution is -0.124. The number of nitrogens with zero attached hydrogens (tertiary/aromatic N) is 1. The molecule has 1 atom stereocenters. The number of carbonyl (C=O) groups is 1. The minimum absolute atomic E-state index is 0.289. The fourth-order valence-corrected chi connectivity index (χ4v) is 5.46. The molecule has 0 aliphatic carbocycles. The molecule has 0 radical (unpaired) electrons. The summed E-state index contributed by atoms with van der Waals surface area (Å²) < 4.78 is 28.8. The van der Waals surface area contributed by atoms with Crippen LogP contribution in [0.5, 0.6) is 5.75 Å². The third kappa shape index (κ3) is 4.06. The van der Waals surface area contributed by atoms with Gasteiger partial charge < -0.3 is 20.3 Å². The average molecular weight is 396 g/mol. The SMILES string of the molecule is COc1ccccc1N1CCC(CNC(=O)C2(S(C)(=O)=O)CCNCC2)C1. The van der Waals surface area contributed by atoms with E-state index in [1.165, 1.54) is 6.26 Å². The van der Waals surface area contributed by atoms with Gasteiger partial charge >= 0.3 is 0 Å². The second kappa shape index (κ2) is 8.06. The van der Waals surface area contributed by atoms with Gasteiger partial charge in [0.15, 0.2) is 14.6 Å². The smallest absolute Gasteiger partial charge is 0.241 e. The molecule has 0 bridgehead atoms. The molecule has 2 saturated heterocycles. The van der Waals surface area contributed by atoms with Crippen molar-refractivity contribution >= 4 is 21.4 Å². The van der Waals surface area contributed by atoms with Crippen molar-refractivity contribution in [1.82, 2.24) is 10.6 Å². The largest absolute Gasteiger partial charge is 0.495 e. The first kappa shape index (κ1) is 19.9. The summed E-state index contributed by atoms with van der Waals surface area (Å²) in [5.41, 5.74) is 1.06. The van der Waals surface area contributed by atoms with Gasteiger partial charge in [0.05, 0.1) is 12.8 Å². The highest BCUT2D eigenvalue weighted by atomic mass is 32.2. The van der Waals surface area contributed by atoms with Crippen molar-refractivity contribution in [1.29, 1.82) is 0 Å². The van der Waals surface area contributed by atoms with E-state index in [1.807, 2.05) is 24.3 Å². The number of hydrogen-bond donors (Lipinski definition) is 2. The molecule has 0 spiro atoms. The van der Waals surface area contributed by atoms with E-state index in [0.717, 1.165) is 30.9 Å². The Morgan fingerprint density at radius 1 is 1.33 bits per heavy atom. The van der Waals surface area contributed by atoms with Gasteiger partial charge in [-0.3, -0.25) is 4.79 Å². The van der Waals surface area contributed by atoms with Crippen LogP contribution in [0.25, 0.3) is 0 Å². The zero-order chi connectivity index (χ0) is 19.5. The molecule has 2 aliphatic heterocycles. The number of amides is 1. The Hall–Kier alpha value is -1.80. The first-order chi connectivity index (χ1) is 12.9. The van der Waals surface area contributed by atoms with Gasteiger partial charge in [-0.05, 0) is 50.4 Å². The Balaban J connectivity index is 1.61. The Morgan fingerprint density at radius 2 is 2.04 bits per heavy atom. The molecule has 2 aliphatic rings. The van der Waals surface area contributed by atoms with Crippen molar-refractivity contribution in [3.8, 4) is 5.75 Å². The molecule has 0 aromatic heterocycles. The highest BCUT2D eigenvalue weighted by molar-refractivity contribution is 7.92. The van der Waals surface area contributed by atoms with Gasteiger partial charge in [0.25, 0.3) is 0 Å². The van der Waals surface area contributed by atoms with E-state index >= 15 is 0 Å². The molecule has 1 aromatic carbocycles. The lowest BCUT2D eigenvalue weighted by atomic mass is 9.95. The number of rotatable bonds is 6. The maximum atomic E-state index is 12.8. The van der Waals surface area contributed by atoms with E-state index in [1.54, 1.807) is 7.11 Å². The van der Waals surface area contributed by atoms with E-state index in [2.05, 4.69) is 15.5 Å². The average Bonchev–Trinajstić information content (AvgIpc) is 3.14. The number of hydrogen-bond acceptors (Lipinski definition) is 6. The minimum atomic E-state index is -3.47. The van der Waals surface area contributed by atoms with Crippen molar-refractivity contribution in [3.05, 3.63) is 24.3 Å². The number of ether oxygens (including phenoxy) is 1. The van der Waals surface area contributed by atoms with Crippen molar-refractivity contribution in [2.24, 2.45) is 5.92 Å². The van der Waals surface area contributed by atoms with E-state index < -0.39 is 14.6 Å². The molecule has 3 rings (SSSR count). The summed E-state index contributed by atoms with van der Waals surface area (Å²) in [6.45, 7) is 3.29. The van der Waals surface area contributed by atoms with Crippen LogP contribution in [0.15, 0.2) is 24.3 Å². The molecular weight excluding hydrogens is 366 g/mol. The second-order valence-corrected chi connectivity index (χ2v) is 9.82. The molecule has 8 heteroatoms. The summed E-state index contributed by atoms with van der Waals surface area (Å²) in [6.07, 6.45) is 2.79. The van der Waals surface area contributed by atoms with Crippen LogP contribution >= 0.6 is 0 Å². The van der Waals surface area contributed by atoms with E-state index in [4.69, 9.17) is 4.74 Å². The van der Waals surface area contributed by atoms with Crippen LogP contribution in [0.1, 0.15) is 19.3 Å². The van der Waals surface area contributed by atoms with Gasteiger partial charge in [-0.2, -0.15) is 0 Å². The minimum Gasteiger partial charge on any atom is -0.495 e. The summed E-state index contributed by atoms with van der Waals surface area (Å²) in [6, 6.07) is 7.91. The number of nitrogens with one attached hydrogen (secondary N) is 2. The Bertz CT molecular complexity index is 775. The first-order valence-corrected chi connectivity index (χ1v) is 11.3. The normalized spacial score (nSPS) is 22.4. The number of piperidine rings is 1. The lowest BCUT2D eigenvalue weighted by Gasteiger charge is -2.34. The van der Waals surface area contributed by atoms with Gasteiger partial charge in [-0.1, -0.05) is 12.1 Å². The van der Waals surface area contributed by atoms with Crippen molar-refractivity contribution in [2.75, 3.05) is 51.0 Å². The van der Waals surface area contributed by atoms with E-state index in [9.17, 15) is 13.2 Å². The maximum Gasteiger partial charge on any atom is 0.241 e. The fourth-order valence-electron chi connectivity index (χ4n) is 4.10. The molecule has 2 heterocycles. The highest BCUT2D eigenvalue weighted by Gasteiger charge is 2.48. The molecule has 150 valence electrons. The predicted octanol–water partition coefficient (Wildman–Crippen LogP) is 0.805. The number of anilines is 1. The van der Waals surface area contributed by atoms with Crippen LogP contribution in [0, 0.1) is 5.92 Å². The van der Waals surface area contributed by atoms with Crippen LogP contribution < -0.4 is 20.3 Å². The molecule has 7 nitrogen and oxygen atoms in total. The monoisotopic (exact) mass is 395 g/mol. The summed E-state index contributed by atoms with van der Waals surface area (Å²) >= 11 is 0. The molecule has 0 saturated carbocycles. The van der Waals surface area contributed by atoms with Crippen molar-refractivity contribution in [2.45, 2.75) is 24.0 Å². The molecule has 2 fully saturated rings. The number of carbonyl (C=O) groups excluding carboxylic acids is 1. The van der Waals surface area contributed by atoms with Crippen molar-refractivity contribution < 1.29 is 17.9 Å². The van der Waals surface area contributed by atoms with Crippen LogP contribution in [0.2, 0.25) is 0 Å². The number of para-hydroxylation sites is 2.